The van der Waals surface area contributed by atoms with Crippen molar-refractivity contribution in [3.05, 3.63) is 66.2 Å². The molecule has 0 radical (unpaired) electrons. The van der Waals surface area contributed by atoms with E-state index in [0.29, 0.717) is 51.9 Å². The summed E-state index contributed by atoms with van der Waals surface area (Å²) in [5.74, 6) is 1.46. The first kappa shape index (κ1) is 25.0. The number of hydrogen-bond acceptors (Lipinski definition) is 7. The monoisotopic (exact) mass is 512 g/mol. The fraction of sp³-hybridized carbons (Fsp3) is 0.407. The number of benzene rings is 3. The molecule has 3 aromatic carbocycles. The van der Waals surface area contributed by atoms with Crippen LogP contribution in [-0.2, 0) is 19.5 Å². The minimum absolute atomic E-state index is 0.0643. The van der Waals surface area contributed by atoms with E-state index in [1.54, 1.807) is 35.7 Å². The normalized spacial score (nSPS) is 20.4. The fourth-order valence-corrected chi connectivity index (χ4v) is 6.17. The molecule has 0 aliphatic carbocycles. The fourth-order valence-electron chi connectivity index (χ4n) is 4.75. The van der Waals surface area contributed by atoms with Crippen molar-refractivity contribution in [3.63, 3.8) is 0 Å². The van der Waals surface area contributed by atoms with Gasteiger partial charge in [-0.3, -0.25) is 4.90 Å². The van der Waals surface area contributed by atoms with Crippen LogP contribution < -0.4 is 9.47 Å². The van der Waals surface area contributed by atoms with E-state index < -0.39 is 10.0 Å². The van der Waals surface area contributed by atoms with Crippen LogP contribution in [0.5, 0.6) is 11.5 Å². The molecule has 3 aromatic rings. The summed E-state index contributed by atoms with van der Waals surface area (Å²) in [7, 11) is -1.98. The van der Waals surface area contributed by atoms with Crippen LogP contribution in [0.2, 0.25) is 0 Å². The predicted octanol–water partition coefficient (Wildman–Crippen LogP) is 3.67. The highest BCUT2D eigenvalue weighted by Crippen LogP contribution is 2.33. The Kier molecular flexibility index (Phi) is 7.45. The molecule has 0 spiro atoms. The van der Waals surface area contributed by atoms with Crippen molar-refractivity contribution in [2.45, 2.75) is 24.0 Å². The predicted molar refractivity (Wildman–Crippen MR) is 137 cm³/mol. The van der Waals surface area contributed by atoms with Gasteiger partial charge in [0.25, 0.3) is 0 Å². The second-order valence-corrected chi connectivity index (χ2v) is 11.1. The van der Waals surface area contributed by atoms with Crippen LogP contribution in [0.4, 0.5) is 0 Å². The average molecular weight is 513 g/mol. The van der Waals surface area contributed by atoms with E-state index in [4.69, 9.17) is 18.9 Å². The lowest BCUT2D eigenvalue weighted by molar-refractivity contribution is 0.0322. The molecule has 2 heterocycles. The van der Waals surface area contributed by atoms with Gasteiger partial charge in [0, 0.05) is 37.6 Å². The number of hydrogen-bond donors (Lipinski definition) is 0. The summed E-state index contributed by atoms with van der Waals surface area (Å²) in [5.41, 5.74) is 1.14. The lowest BCUT2D eigenvalue weighted by Crippen LogP contribution is -2.49. The Hall–Kier alpha value is -2.69. The summed E-state index contributed by atoms with van der Waals surface area (Å²) in [5, 5.41) is 2.17. The molecule has 0 bridgehead atoms. The van der Waals surface area contributed by atoms with Crippen LogP contribution >= 0.6 is 0 Å². The Morgan fingerprint density at radius 1 is 1.03 bits per heavy atom. The summed E-state index contributed by atoms with van der Waals surface area (Å²) in [6.45, 7) is 5.62. The third-order valence-corrected chi connectivity index (χ3v) is 8.88. The standard InChI is InChI=1S/C27H32N2O6S/c1-20(28-11-13-29(14-12-28)36(30,31)25-9-7-23(32-2)8-10-25)22-15-21-5-3-4-6-26(21)27(16-22)34-18-24-17-33-19-35-24/h3-10,15-16,20,24H,11-14,17-19H2,1-2H3. The molecular formula is C27H32N2O6S. The zero-order valence-corrected chi connectivity index (χ0v) is 21.4. The maximum absolute atomic E-state index is 13.1. The molecular weight excluding hydrogens is 480 g/mol. The van der Waals surface area contributed by atoms with Gasteiger partial charge in [-0.05, 0) is 54.3 Å². The highest BCUT2D eigenvalue weighted by molar-refractivity contribution is 7.89. The van der Waals surface area contributed by atoms with Crippen molar-refractivity contribution in [2.75, 3.05) is 53.3 Å². The van der Waals surface area contributed by atoms with Crippen LogP contribution in [0.15, 0.2) is 65.6 Å². The topological polar surface area (TPSA) is 77.5 Å². The molecule has 2 atom stereocenters. The smallest absolute Gasteiger partial charge is 0.243 e. The lowest BCUT2D eigenvalue weighted by atomic mass is 10.0. The third-order valence-electron chi connectivity index (χ3n) is 6.96. The van der Waals surface area contributed by atoms with E-state index in [1.165, 1.54) is 0 Å². The molecule has 0 N–H and O–H groups in total. The van der Waals surface area contributed by atoms with Crippen LogP contribution in [0.1, 0.15) is 18.5 Å². The quantitative estimate of drug-likeness (QED) is 0.456. The van der Waals surface area contributed by atoms with E-state index in [0.717, 1.165) is 22.1 Å². The van der Waals surface area contributed by atoms with Gasteiger partial charge < -0.3 is 18.9 Å². The summed E-state index contributed by atoms with van der Waals surface area (Å²) in [6, 6.07) is 19.1. The Morgan fingerprint density at radius 3 is 2.47 bits per heavy atom. The van der Waals surface area contributed by atoms with Gasteiger partial charge in [0.1, 0.15) is 31.0 Å². The SMILES string of the molecule is COc1ccc(S(=O)(=O)N2CCN(C(C)c3cc(OCC4COCO4)c4ccccc4c3)CC2)cc1. The summed E-state index contributed by atoms with van der Waals surface area (Å²) >= 11 is 0. The molecule has 36 heavy (non-hydrogen) atoms. The van der Waals surface area contributed by atoms with Crippen LogP contribution in [0.25, 0.3) is 10.8 Å². The summed E-state index contributed by atoms with van der Waals surface area (Å²) < 4.78 is 50.0. The average Bonchev–Trinajstić information content (AvgIpc) is 3.45. The zero-order chi connectivity index (χ0) is 25.1. The molecule has 9 heteroatoms. The van der Waals surface area contributed by atoms with Gasteiger partial charge in [-0.2, -0.15) is 4.31 Å². The molecule has 2 fully saturated rings. The van der Waals surface area contributed by atoms with Crippen molar-refractivity contribution in [3.8, 4) is 11.5 Å². The first-order chi connectivity index (χ1) is 17.5. The molecule has 192 valence electrons. The summed E-state index contributed by atoms with van der Waals surface area (Å²) in [6.07, 6.45) is -0.0643. The van der Waals surface area contributed by atoms with Crippen molar-refractivity contribution >= 4 is 20.8 Å². The van der Waals surface area contributed by atoms with E-state index in [-0.39, 0.29) is 17.0 Å². The molecule has 2 aliphatic rings. The second kappa shape index (κ2) is 10.7. The highest BCUT2D eigenvalue weighted by Gasteiger charge is 2.30. The maximum Gasteiger partial charge on any atom is 0.243 e. The third kappa shape index (κ3) is 5.21. The number of sulfonamides is 1. The van der Waals surface area contributed by atoms with E-state index in [1.807, 2.05) is 12.1 Å². The van der Waals surface area contributed by atoms with Gasteiger partial charge in [-0.15, -0.1) is 0 Å². The van der Waals surface area contributed by atoms with Gasteiger partial charge in [-0.25, -0.2) is 8.42 Å². The van der Waals surface area contributed by atoms with Crippen molar-refractivity contribution in [1.29, 1.82) is 0 Å². The van der Waals surface area contributed by atoms with Gasteiger partial charge >= 0.3 is 0 Å². The lowest BCUT2D eigenvalue weighted by Gasteiger charge is -2.37. The van der Waals surface area contributed by atoms with Crippen molar-refractivity contribution in [2.24, 2.45) is 0 Å². The number of methoxy groups -OCH3 is 1. The molecule has 2 aliphatic heterocycles. The number of rotatable bonds is 8. The van der Waals surface area contributed by atoms with Crippen LogP contribution in [0.3, 0.4) is 0 Å². The molecule has 8 nitrogen and oxygen atoms in total. The number of nitrogens with zero attached hydrogens (tertiary/aromatic N) is 2. The molecule has 0 aromatic heterocycles. The zero-order valence-electron chi connectivity index (χ0n) is 20.6. The van der Waals surface area contributed by atoms with Gasteiger partial charge in [0.2, 0.25) is 10.0 Å². The minimum Gasteiger partial charge on any atom is -0.497 e. The Balaban J connectivity index is 1.29. The molecule has 2 unspecified atom stereocenters. The minimum atomic E-state index is -3.54. The van der Waals surface area contributed by atoms with E-state index >= 15 is 0 Å². The number of fused-ring (bicyclic) bond motifs is 1. The Bertz CT molecular complexity index is 1280. The summed E-state index contributed by atoms with van der Waals surface area (Å²) in [4.78, 5) is 2.61. The molecule has 0 saturated carbocycles. The molecule has 5 rings (SSSR count). The largest absolute Gasteiger partial charge is 0.497 e. The van der Waals surface area contributed by atoms with Crippen molar-refractivity contribution < 1.29 is 27.4 Å². The molecule has 0 amide bonds. The van der Waals surface area contributed by atoms with Crippen LogP contribution in [0, 0.1) is 0 Å². The van der Waals surface area contributed by atoms with Crippen molar-refractivity contribution in [1.82, 2.24) is 9.21 Å². The molecule has 2 saturated heterocycles. The first-order valence-corrected chi connectivity index (χ1v) is 13.6. The first-order valence-electron chi connectivity index (χ1n) is 12.2. The van der Waals surface area contributed by atoms with Gasteiger partial charge in [-0.1, -0.05) is 24.3 Å². The van der Waals surface area contributed by atoms with Gasteiger partial charge in [0.15, 0.2) is 0 Å². The van der Waals surface area contributed by atoms with Crippen LogP contribution in [-0.4, -0.2) is 77.0 Å². The number of ether oxygens (including phenoxy) is 4. The van der Waals surface area contributed by atoms with Gasteiger partial charge in [0.05, 0.1) is 18.6 Å². The maximum atomic E-state index is 13.1. The highest BCUT2D eigenvalue weighted by atomic mass is 32.2. The van der Waals surface area contributed by atoms with E-state index in [2.05, 4.69) is 36.1 Å². The second-order valence-electron chi connectivity index (χ2n) is 9.12. The number of piperazine rings is 1. The Morgan fingerprint density at radius 2 is 1.78 bits per heavy atom. The van der Waals surface area contributed by atoms with E-state index in [9.17, 15) is 8.42 Å². The Labute approximate surface area is 212 Å².